The number of hydrogen-bond acceptors (Lipinski definition) is 4. The number of nitrogens with zero attached hydrogens (tertiary/aromatic N) is 4. The second-order valence-electron chi connectivity index (χ2n) is 13.8. The molecule has 0 amide bonds. The van der Waals surface area contributed by atoms with Crippen LogP contribution < -0.4 is 5.32 Å². The fourth-order valence-corrected chi connectivity index (χ4v) is 7.72. The molecule has 10 aromatic rings. The van der Waals surface area contributed by atoms with Crippen LogP contribution in [0.15, 0.2) is 195 Å². The molecule has 2 aromatic heterocycles. The van der Waals surface area contributed by atoms with Crippen LogP contribution in [0.25, 0.3) is 89.6 Å². The van der Waals surface area contributed by atoms with Gasteiger partial charge in [-0.3, -0.25) is 0 Å². The number of rotatable bonds is 8. The lowest BCUT2D eigenvalue weighted by Gasteiger charge is -2.15. The Bertz CT molecular complexity index is 2980. The molecule has 0 saturated carbocycles. The van der Waals surface area contributed by atoms with E-state index >= 15 is 0 Å². The van der Waals surface area contributed by atoms with Crippen LogP contribution in [-0.2, 0) is 0 Å². The highest BCUT2D eigenvalue weighted by Crippen LogP contribution is 2.42. The van der Waals surface area contributed by atoms with E-state index in [1.807, 2.05) is 72.8 Å². The minimum atomic E-state index is 0.634. The van der Waals surface area contributed by atoms with E-state index < -0.39 is 0 Å². The average molecular weight is 718 g/mol. The van der Waals surface area contributed by atoms with Crippen molar-refractivity contribution in [3.05, 3.63) is 200 Å². The molecule has 264 valence electrons. The normalized spacial score (nSPS) is 11.3. The first-order valence-electron chi connectivity index (χ1n) is 18.7. The van der Waals surface area contributed by atoms with Gasteiger partial charge in [-0.15, -0.1) is 0 Å². The van der Waals surface area contributed by atoms with Gasteiger partial charge in [0.25, 0.3) is 0 Å². The van der Waals surface area contributed by atoms with E-state index in [0.717, 1.165) is 61.5 Å². The molecule has 1 N–H and O–H groups in total. The van der Waals surface area contributed by atoms with Crippen molar-refractivity contribution in [2.75, 3.05) is 5.32 Å². The van der Waals surface area contributed by atoms with Gasteiger partial charge in [0.2, 0.25) is 0 Å². The fraction of sp³-hybridized carbons (Fsp3) is 0. The van der Waals surface area contributed by atoms with E-state index in [-0.39, 0.29) is 0 Å². The zero-order valence-corrected chi connectivity index (χ0v) is 30.5. The Morgan fingerprint density at radius 1 is 0.446 bits per heavy atom. The molecule has 0 aliphatic rings. The molecular weight excluding hydrogens is 683 g/mol. The van der Waals surface area contributed by atoms with E-state index in [1.54, 1.807) is 0 Å². The summed E-state index contributed by atoms with van der Waals surface area (Å²) in [5.74, 6) is 1.92. The third kappa shape index (κ3) is 5.88. The molecule has 5 nitrogen and oxygen atoms in total. The summed E-state index contributed by atoms with van der Waals surface area (Å²) < 4.78 is 2.37. The molecule has 2 heterocycles. The van der Waals surface area contributed by atoms with Gasteiger partial charge in [-0.05, 0) is 64.5 Å². The van der Waals surface area contributed by atoms with Crippen LogP contribution in [0.4, 0.5) is 11.4 Å². The summed E-state index contributed by atoms with van der Waals surface area (Å²) in [5.41, 5.74) is 11.5. The van der Waals surface area contributed by atoms with Crippen LogP contribution in [0.2, 0.25) is 0 Å². The van der Waals surface area contributed by atoms with Crippen LogP contribution in [-0.4, -0.2) is 19.5 Å². The van der Waals surface area contributed by atoms with Gasteiger partial charge in [-0.2, -0.15) is 0 Å². The first-order chi connectivity index (χ1) is 27.7. The average Bonchev–Trinajstić information content (AvgIpc) is 3.62. The Kier molecular flexibility index (Phi) is 8.23. The predicted octanol–water partition coefficient (Wildman–Crippen LogP) is 13.2. The van der Waals surface area contributed by atoms with E-state index in [9.17, 15) is 0 Å². The highest BCUT2D eigenvalue weighted by atomic mass is 15.0. The number of anilines is 2. The second kappa shape index (κ2) is 14.0. The van der Waals surface area contributed by atoms with Gasteiger partial charge in [0, 0.05) is 44.2 Å². The molecule has 8 aromatic carbocycles. The Morgan fingerprint density at radius 3 is 1.70 bits per heavy atom. The summed E-state index contributed by atoms with van der Waals surface area (Å²) in [6.07, 6.45) is 1.93. The van der Waals surface area contributed by atoms with E-state index in [0.29, 0.717) is 17.5 Å². The highest BCUT2D eigenvalue weighted by molar-refractivity contribution is 6.25. The first-order valence-corrected chi connectivity index (χ1v) is 18.7. The fourth-order valence-electron chi connectivity index (χ4n) is 7.72. The molecule has 56 heavy (non-hydrogen) atoms. The van der Waals surface area contributed by atoms with Gasteiger partial charge in [0.1, 0.15) is 0 Å². The lowest BCUT2D eigenvalue weighted by atomic mass is 9.98. The Hall–Kier alpha value is -7.63. The summed E-state index contributed by atoms with van der Waals surface area (Å²) in [5, 5.41) is 8.50. The standard InChI is InChI=1S/C51H35N5/c1-2-34-25-26-36-29-32-45-47(46(36)48(34)52-41-21-10-5-11-22-41)43-23-12-13-24-44(43)56(45)42-30-27-35(28-31-42)39-19-14-20-40(33-39)51-54-49(37-15-6-3-7-16-37)53-50(55-51)38-17-8-4-9-18-38/h2-33,52H,1H2. The Labute approximate surface area is 324 Å². The van der Waals surface area contributed by atoms with Crippen molar-refractivity contribution in [2.24, 2.45) is 0 Å². The second-order valence-corrected chi connectivity index (χ2v) is 13.8. The predicted molar refractivity (Wildman–Crippen MR) is 233 cm³/mol. The van der Waals surface area contributed by atoms with Gasteiger partial charge in [-0.1, -0.05) is 158 Å². The number of para-hydroxylation sites is 2. The van der Waals surface area contributed by atoms with Crippen LogP contribution in [0.3, 0.4) is 0 Å². The summed E-state index contributed by atoms with van der Waals surface area (Å²) in [6, 6.07) is 65.3. The highest BCUT2D eigenvalue weighted by Gasteiger charge is 2.19. The summed E-state index contributed by atoms with van der Waals surface area (Å²) in [4.78, 5) is 14.8. The van der Waals surface area contributed by atoms with E-state index in [1.165, 1.54) is 21.5 Å². The minimum Gasteiger partial charge on any atom is -0.355 e. The molecule has 0 spiro atoms. The van der Waals surface area contributed by atoms with Crippen molar-refractivity contribution in [3.63, 3.8) is 0 Å². The number of fused-ring (bicyclic) bond motifs is 5. The van der Waals surface area contributed by atoms with E-state index in [2.05, 4.69) is 138 Å². The van der Waals surface area contributed by atoms with Crippen molar-refractivity contribution < 1.29 is 0 Å². The third-order valence-corrected chi connectivity index (χ3v) is 10.4. The molecule has 0 aliphatic carbocycles. The van der Waals surface area contributed by atoms with Crippen molar-refractivity contribution in [1.82, 2.24) is 19.5 Å². The Morgan fingerprint density at radius 2 is 1.02 bits per heavy atom. The smallest absolute Gasteiger partial charge is 0.164 e. The number of benzene rings is 8. The quantitative estimate of drug-likeness (QED) is 0.170. The van der Waals surface area contributed by atoms with Crippen LogP contribution in [0, 0.1) is 0 Å². The topological polar surface area (TPSA) is 55.6 Å². The van der Waals surface area contributed by atoms with Crippen molar-refractivity contribution in [3.8, 4) is 51.0 Å². The molecule has 0 atom stereocenters. The summed E-state index contributed by atoms with van der Waals surface area (Å²) in [6.45, 7) is 4.17. The van der Waals surface area contributed by atoms with Gasteiger partial charge in [0.15, 0.2) is 17.5 Å². The lowest BCUT2D eigenvalue weighted by molar-refractivity contribution is 1.07. The SMILES string of the molecule is C=Cc1ccc2ccc3c(c4ccccc4n3-c3ccc(-c4cccc(-c5nc(-c6ccccc6)nc(-c6ccccc6)n5)c4)cc3)c2c1Nc1ccccc1. The van der Waals surface area contributed by atoms with Crippen molar-refractivity contribution >= 4 is 50.0 Å². The minimum absolute atomic E-state index is 0.634. The van der Waals surface area contributed by atoms with Gasteiger partial charge >= 0.3 is 0 Å². The largest absolute Gasteiger partial charge is 0.355 e. The molecule has 0 saturated heterocycles. The van der Waals surface area contributed by atoms with Gasteiger partial charge in [-0.25, -0.2) is 15.0 Å². The molecule has 0 bridgehead atoms. The monoisotopic (exact) mass is 717 g/mol. The number of aromatic nitrogens is 4. The molecule has 0 fully saturated rings. The molecule has 5 heteroatoms. The third-order valence-electron chi connectivity index (χ3n) is 10.4. The maximum Gasteiger partial charge on any atom is 0.164 e. The van der Waals surface area contributed by atoms with Crippen molar-refractivity contribution in [2.45, 2.75) is 0 Å². The lowest BCUT2D eigenvalue weighted by Crippen LogP contribution is -2.00. The zero-order chi connectivity index (χ0) is 37.4. The molecular formula is C51H35N5. The summed E-state index contributed by atoms with van der Waals surface area (Å²) in [7, 11) is 0. The van der Waals surface area contributed by atoms with Gasteiger partial charge in [0.05, 0.1) is 16.7 Å². The Balaban J connectivity index is 1.07. The van der Waals surface area contributed by atoms with Crippen LogP contribution >= 0.6 is 0 Å². The summed E-state index contributed by atoms with van der Waals surface area (Å²) >= 11 is 0. The van der Waals surface area contributed by atoms with Crippen LogP contribution in [0.5, 0.6) is 0 Å². The van der Waals surface area contributed by atoms with E-state index in [4.69, 9.17) is 15.0 Å². The number of nitrogens with one attached hydrogen (secondary N) is 1. The van der Waals surface area contributed by atoms with Gasteiger partial charge < -0.3 is 9.88 Å². The molecule has 0 unspecified atom stereocenters. The molecule has 0 aliphatic heterocycles. The van der Waals surface area contributed by atoms with Crippen molar-refractivity contribution in [1.29, 1.82) is 0 Å². The molecule has 10 rings (SSSR count). The maximum absolute atomic E-state index is 4.97. The maximum atomic E-state index is 4.97. The zero-order valence-electron chi connectivity index (χ0n) is 30.5. The first kappa shape index (κ1) is 33.0. The van der Waals surface area contributed by atoms with Crippen LogP contribution in [0.1, 0.15) is 5.56 Å². The molecule has 0 radical (unpaired) electrons. The number of hydrogen-bond donors (Lipinski definition) is 1.